The first kappa shape index (κ1) is 13.8. The van der Waals surface area contributed by atoms with E-state index in [1.807, 2.05) is 4.90 Å². The number of rotatable bonds is 6. The SMILES string of the molecule is CC(C)CN1CCN(C(=O)CNCC2CC2)CC1. The Bertz CT molecular complexity index is 268. The van der Waals surface area contributed by atoms with Gasteiger partial charge in [-0.05, 0) is 31.2 Å². The monoisotopic (exact) mass is 253 g/mol. The van der Waals surface area contributed by atoms with Gasteiger partial charge in [0.1, 0.15) is 0 Å². The summed E-state index contributed by atoms with van der Waals surface area (Å²) in [6.45, 7) is 11.1. The van der Waals surface area contributed by atoms with Gasteiger partial charge in [0.05, 0.1) is 6.54 Å². The van der Waals surface area contributed by atoms with Crippen molar-refractivity contribution in [2.24, 2.45) is 11.8 Å². The summed E-state index contributed by atoms with van der Waals surface area (Å²) < 4.78 is 0. The second kappa shape index (κ2) is 6.53. The van der Waals surface area contributed by atoms with Gasteiger partial charge >= 0.3 is 0 Å². The Labute approximate surface area is 111 Å². The number of nitrogens with one attached hydrogen (secondary N) is 1. The number of carbonyl (C=O) groups excluding carboxylic acids is 1. The molecule has 1 aliphatic carbocycles. The van der Waals surface area contributed by atoms with Crippen molar-refractivity contribution in [1.82, 2.24) is 15.1 Å². The molecule has 1 saturated carbocycles. The summed E-state index contributed by atoms with van der Waals surface area (Å²) in [5, 5.41) is 3.28. The minimum atomic E-state index is 0.278. The van der Waals surface area contributed by atoms with Crippen molar-refractivity contribution in [3.05, 3.63) is 0 Å². The second-order valence-electron chi connectivity index (χ2n) is 6.15. The van der Waals surface area contributed by atoms with Crippen LogP contribution in [0.5, 0.6) is 0 Å². The van der Waals surface area contributed by atoms with Crippen LogP contribution in [0.2, 0.25) is 0 Å². The topological polar surface area (TPSA) is 35.6 Å². The molecule has 104 valence electrons. The number of amides is 1. The lowest BCUT2D eigenvalue weighted by atomic mass is 10.2. The highest BCUT2D eigenvalue weighted by molar-refractivity contribution is 5.78. The Morgan fingerprint density at radius 1 is 1.22 bits per heavy atom. The minimum absolute atomic E-state index is 0.278. The third-order valence-corrected chi connectivity index (χ3v) is 3.75. The lowest BCUT2D eigenvalue weighted by Crippen LogP contribution is -2.51. The van der Waals surface area contributed by atoms with Crippen molar-refractivity contribution < 1.29 is 4.79 Å². The van der Waals surface area contributed by atoms with Crippen molar-refractivity contribution in [1.29, 1.82) is 0 Å². The molecule has 1 saturated heterocycles. The summed E-state index contributed by atoms with van der Waals surface area (Å²) in [7, 11) is 0. The molecular weight excluding hydrogens is 226 g/mol. The zero-order valence-corrected chi connectivity index (χ0v) is 11.8. The van der Waals surface area contributed by atoms with Gasteiger partial charge in [0.25, 0.3) is 0 Å². The first-order valence-corrected chi connectivity index (χ1v) is 7.36. The van der Waals surface area contributed by atoms with E-state index in [2.05, 4.69) is 24.1 Å². The number of hydrogen-bond donors (Lipinski definition) is 1. The van der Waals surface area contributed by atoms with E-state index in [1.54, 1.807) is 0 Å². The first-order valence-electron chi connectivity index (χ1n) is 7.36. The predicted molar refractivity (Wildman–Crippen MR) is 73.5 cm³/mol. The Morgan fingerprint density at radius 2 is 1.89 bits per heavy atom. The summed E-state index contributed by atoms with van der Waals surface area (Å²) in [6, 6.07) is 0. The zero-order chi connectivity index (χ0) is 13.0. The van der Waals surface area contributed by atoms with Gasteiger partial charge in [0.15, 0.2) is 0 Å². The fourth-order valence-electron chi connectivity index (χ4n) is 2.51. The van der Waals surface area contributed by atoms with Crippen molar-refractivity contribution in [2.75, 3.05) is 45.8 Å². The van der Waals surface area contributed by atoms with E-state index >= 15 is 0 Å². The molecule has 0 aromatic heterocycles. The summed E-state index contributed by atoms with van der Waals surface area (Å²) in [6.07, 6.45) is 2.68. The maximum atomic E-state index is 12.0. The lowest BCUT2D eigenvalue weighted by Gasteiger charge is -2.35. The van der Waals surface area contributed by atoms with Gasteiger partial charge in [0.2, 0.25) is 5.91 Å². The van der Waals surface area contributed by atoms with E-state index in [9.17, 15) is 4.79 Å². The molecule has 0 radical (unpaired) electrons. The second-order valence-corrected chi connectivity index (χ2v) is 6.15. The summed E-state index contributed by atoms with van der Waals surface area (Å²) in [5.74, 6) is 1.84. The molecule has 0 spiro atoms. The van der Waals surface area contributed by atoms with Crippen LogP contribution in [0.3, 0.4) is 0 Å². The van der Waals surface area contributed by atoms with Gasteiger partial charge in [0, 0.05) is 32.7 Å². The third kappa shape index (κ3) is 4.58. The molecule has 4 heteroatoms. The van der Waals surface area contributed by atoms with Crippen LogP contribution in [0.25, 0.3) is 0 Å². The van der Waals surface area contributed by atoms with E-state index in [0.717, 1.165) is 45.2 Å². The largest absolute Gasteiger partial charge is 0.339 e. The van der Waals surface area contributed by atoms with Crippen molar-refractivity contribution in [3.8, 4) is 0 Å². The molecular formula is C14H27N3O. The van der Waals surface area contributed by atoms with Crippen LogP contribution < -0.4 is 5.32 Å². The molecule has 0 aromatic carbocycles. The van der Waals surface area contributed by atoms with Crippen molar-refractivity contribution in [2.45, 2.75) is 26.7 Å². The maximum absolute atomic E-state index is 12.0. The highest BCUT2D eigenvalue weighted by atomic mass is 16.2. The number of carbonyl (C=O) groups is 1. The van der Waals surface area contributed by atoms with Crippen molar-refractivity contribution >= 4 is 5.91 Å². The quantitative estimate of drug-likeness (QED) is 0.760. The Kier molecular flexibility index (Phi) is 5.01. The van der Waals surface area contributed by atoms with Gasteiger partial charge in [-0.3, -0.25) is 9.69 Å². The van der Waals surface area contributed by atoms with E-state index in [1.165, 1.54) is 12.8 Å². The number of piperazine rings is 1. The highest BCUT2D eigenvalue weighted by Crippen LogP contribution is 2.27. The maximum Gasteiger partial charge on any atom is 0.236 e. The molecule has 2 fully saturated rings. The summed E-state index contributed by atoms with van der Waals surface area (Å²) in [5.41, 5.74) is 0. The van der Waals surface area contributed by atoms with Crippen molar-refractivity contribution in [3.63, 3.8) is 0 Å². The van der Waals surface area contributed by atoms with Gasteiger partial charge < -0.3 is 10.2 Å². The molecule has 0 unspecified atom stereocenters. The summed E-state index contributed by atoms with van der Waals surface area (Å²) >= 11 is 0. The molecule has 4 nitrogen and oxygen atoms in total. The number of nitrogens with zero attached hydrogens (tertiary/aromatic N) is 2. The van der Waals surface area contributed by atoms with Gasteiger partial charge in [-0.1, -0.05) is 13.8 Å². The highest BCUT2D eigenvalue weighted by Gasteiger charge is 2.23. The van der Waals surface area contributed by atoms with Crippen LogP contribution in [0.4, 0.5) is 0 Å². The van der Waals surface area contributed by atoms with Gasteiger partial charge in [-0.2, -0.15) is 0 Å². The van der Waals surface area contributed by atoms with Crippen LogP contribution in [-0.4, -0.2) is 61.5 Å². The standard InChI is InChI=1S/C14H27N3O/c1-12(2)11-16-5-7-17(8-6-16)14(18)10-15-9-13-3-4-13/h12-13,15H,3-11H2,1-2H3. The van der Waals surface area contributed by atoms with Crippen LogP contribution in [0.15, 0.2) is 0 Å². The fourth-order valence-corrected chi connectivity index (χ4v) is 2.51. The van der Waals surface area contributed by atoms with E-state index in [0.29, 0.717) is 12.5 Å². The molecule has 1 amide bonds. The molecule has 1 aliphatic heterocycles. The molecule has 0 aromatic rings. The van der Waals surface area contributed by atoms with E-state index < -0.39 is 0 Å². The van der Waals surface area contributed by atoms with E-state index in [-0.39, 0.29) is 5.91 Å². The van der Waals surface area contributed by atoms with Crippen LogP contribution in [0, 0.1) is 11.8 Å². The molecule has 2 rings (SSSR count). The van der Waals surface area contributed by atoms with Gasteiger partial charge in [-0.15, -0.1) is 0 Å². The fraction of sp³-hybridized carbons (Fsp3) is 0.929. The zero-order valence-electron chi connectivity index (χ0n) is 11.8. The first-order chi connectivity index (χ1) is 8.65. The van der Waals surface area contributed by atoms with Crippen LogP contribution >= 0.6 is 0 Å². The molecule has 1 heterocycles. The summed E-state index contributed by atoms with van der Waals surface area (Å²) in [4.78, 5) is 16.4. The normalized spacial score (nSPS) is 21.6. The van der Waals surface area contributed by atoms with Crippen LogP contribution in [0.1, 0.15) is 26.7 Å². The number of hydrogen-bond acceptors (Lipinski definition) is 3. The molecule has 0 atom stereocenters. The molecule has 0 bridgehead atoms. The van der Waals surface area contributed by atoms with Crippen LogP contribution in [-0.2, 0) is 4.79 Å². The lowest BCUT2D eigenvalue weighted by molar-refractivity contribution is -0.132. The molecule has 1 N–H and O–H groups in total. The average molecular weight is 253 g/mol. The molecule has 18 heavy (non-hydrogen) atoms. The smallest absolute Gasteiger partial charge is 0.236 e. The Balaban J connectivity index is 1.60. The van der Waals surface area contributed by atoms with Gasteiger partial charge in [-0.25, -0.2) is 0 Å². The molecule has 2 aliphatic rings. The Hall–Kier alpha value is -0.610. The third-order valence-electron chi connectivity index (χ3n) is 3.75. The minimum Gasteiger partial charge on any atom is -0.339 e. The van der Waals surface area contributed by atoms with E-state index in [4.69, 9.17) is 0 Å². The average Bonchev–Trinajstić information content (AvgIpc) is 3.13. The predicted octanol–water partition coefficient (Wildman–Crippen LogP) is 0.786. The Morgan fingerprint density at radius 3 is 2.44 bits per heavy atom.